The first-order chi connectivity index (χ1) is 15.9. The van der Waals surface area contributed by atoms with Crippen LogP contribution in [0.3, 0.4) is 0 Å². The third kappa shape index (κ3) is 4.90. The number of nitrogens with zero attached hydrogens (tertiary/aromatic N) is 2. The van der Waals surface area contributed by atoms with Gasteiger partial charge in [0.05, 0.1) is 6.54 Å². The summed E-state index contributed by atoms with van der Waals surface area (Å²) in [5.74, 6) is 4.86. The van der Waals surface area contributed by atoms with Crippen LogP contribution in [0.15, 0.2) is 48.5 Å². The van der Waals surface area contributed by atoms with Crippen molar-refractivity contribution in [2.24, 2.45) is 5.92 Å². The van der Waals surface area contributed by atoms with E-state index in [2.05, 4.69) is 22.1 Å². The largest absolute Gasteiger partial charge is 0.325 e. The van der Waals surface area contributed by atoms with Crippen molar-refractivity contribution in [1.82, 2.24) is 15.1 Å². The maximum atomic E-state index is 13.9. The maximum Gasteiger partial charge on any atom is 0.325 e. The molecule has 3 amide bonds. The van der Waals surface area contributed by atoms with Crippen molar-refractivity contribution in [2.75, 3.05) is 19.6 Å². The van der Waals surface area contributed by atoms with Crippen LogP contribution in [-0.4, -0.2) is 46.9 Å². The van der Waals surface area contributed by atoms with Crippen molar-refractivity contribution in [3.8, 4) is 11.8 Å². The fourth-order valence-electron chi connectivity index (χ4n) is 4.91. The highest BCUT2D eigenvalue weighted by atomic mass is 35.5. The number of imide groups is 1. The Labute approximate surface area is 198 Å². The van der Waals surface area contributed by atoms with Gasteiger partial charge >= 0.3 is 6.03 Å². The van der Waals surface area contributed by atoms with Gasteiger partial charge in [0.15, 0.2) is 0 Å². The Bertz CT molecular complexity index is 1100. The predicted octanol–water partition coefficient (Wildman–Crippen LogP) is 4.25. The van der Waals surface area contributed by atoms with Crippen LogP contribution < -0.4 is 5.32 Å². The average molecular weight is 468 g/mol. The van der Waals surface area contributed by atoms with E-state index in [-0.39, 0.29) is 30.6 Å². The third-order valence-corrected chi connectivity index (χ3v) is 6.99. The van der Waals surface area contributed by atoms with Crippen LogP contribution in [0, 0.1) is 23.6 Å². The molecule has 0 aliphatic carbocycles. The van der Waals surface area contributed by atoms with Crippen molar-refractivity contribution < 1.29 is 14.0 Å². The minimum atomic E-state index is -1.10. The molecular weight excluding hydrogens is 441 g/mol. The van der Waals surface area contributed by atoms with Gasteiger partial charge in [0.2, 0.25) is 0 Å². The number of halogens is 2. The Hall–Kier alpha value is -2.88. The lowest BCUT2D eigenvalue weighted by atomic mass is 9.74. The molecule has 0 saturated carbocycles. The number of benzene rings is 2. The third-order valence-electron chi connectivity index (χ3n) is 6.62. The number of piperidine rings is 1. The second-order valence-corrected chi connectivity index (χ2v) is 9.08. The Morgan fingerprint density at radius 2 is 1.91 bits per heavy atom. The highest BCUT2D eigenvalue weighted by Crippen LogP contribution is 2.37. The number of hydrogen-bond acceptors (Lipinski definition) is 3. The van der Waals surface area contributed by atoms with Gasteiger partial charge in [-0.25, -0.2) is 9.18 Å². The summed E-state index contributed by atoms with van der Waals surface area (Å²) < 4.78 is 13.9. The Morgan fingerprint density at radius 3 is 2.61 bits per heavy atom. The molecule has 2 aromatic rings. The summed E-state index contributed by atoms with van der Waals surface area (Å²) in [4.78, 5) is 29.9. The van der Waals surface area contributed by atoms with Crippen LogP contribution in [0.2, 0.25) is 5.02 Å². The molecule has 2 saturated heterocycles. The summed E-state index contributed by atoms with van der Waals surface area (Å²) in [5.41, 5.74) is 0.656. The zero-order valence-corrected chi connectivity index (χ0v) is 19.4. The quantitative estimate of drug-likeness (QED) is 0.510. The first-order valence-corrected chi connectivity index (χ1v) is 11.5. The molecule has 33 heavy (non-hydrogen) atoms. The topological polar surface area (TPSA) is 52.7 Å². The summed E-state index contributed by atoms with van der Waals surface area (Å²) in [6.07, 6.45) is 1.72. The van der Waals surface area contributed by atoms with E-state index < -0.39 is 11.6 Å². The number of rotatable bonds is 6. The van der Waals surface area contributed by atoms with Gasteiger partial charge in [0.1, 0.15) is 11.4 Å². The van der Waals surface area contributed by atoms with Gasteiger partial charge in [-0.3, -0.25) is 14.6 Å². The molecule has 4 rings (SSSR count). The molecule has 2 fully saturated rings. The van der Waals surface area contributed by atoms with Gasteiger partial charge in [0.25, 0.3) is 5.91 Å². The average Bonchev–Trinajstić information content (AvgIpc) is 3.04. The number of urea groups is 1. The molecule has 2 aromatic carbocycles. The smallest absolute Gasteiger partial charge is 0.322 e. The molecule has 1 N–H and O–H groups in total. The second kappa shape index (κ2) is 9.94. The van der Waals surface area contributed by atoms with Gasteiger partial charge in [-0.1, -0.05) is 47.9 Å². The van der Waals surface area contributed by atoms with E-state index in [0.29, 0.717) is 5.56 Å². The second-order valence-electron chi connectivity index (χ2n) is 8.67. The molecule has 0 radical (unpaired) electrons. The summed E-state index contributed by atoms with van der Waals surface area (Å²) in [6, 6.07) is 13.6. The monoisotopic (exact) mass is 467 g/mol. The fraction of sp³-hybridized carbons (Fsp3) is 0.385. The number of carbonyl (C=O) groups excluding carboxylic acids is 2. The van der Waals surface area contributed by atoms with E-state index in [1.807, 2.05) is 24.3 Å². The molecule has 0 bridgehead atoms. The highest BCUT2D eigenvalue weighted by molar-refractivity contribution is 6.31. The molecule has 2 aliphatic heterocycles. The summed E-state index contributed by atoms with van der Waals surface area (Å²) in [6.45, 7) is 4.02. The lowest BCUT2D eigenvalue weighted by Gasteiger charge is -2.41. The molecule has 1 atom stereocenters. The van der Waals surface area contributed by atoms with Crippen LogP contribution in [-0.2, 0) is 17.8 Å². The normalized spacial score (nSPS) is 21.6. The predicted molar refractivity (Wildman–Crippen MR) is 126 cm³/mol. The van der Waals surface area contributed by atoms with Gasteiger partial charge in [0, 0.05) is 18.0 Å². The van der Waals surface area contributed by atoms with Crippen LogP contribution in [0.1, 0.15) is 30.9 Å². The number of nitrogens with one attached hydrogen (secondary N) is 1. The first kappa shape index (κ1) is 23.3. The molecule has 172 valence electrons. The number of carbonyl (C=O) groups is 2. The number of amides is 3. The van der Waals surface area contributed by atoms with Gasteiger partial charge in [-0.15, -0.1) is 5.92 Å². The molecule has 0 unspecified atom stereocenters. The van der Waals surface area contributed by atoms with Crippen molar-refractivity contribution in [3.05, 3.63) is 70.5 Å². The minimum Gasteiger partial charge on any atom is -0.322 e. The zero-order valence-electron chi connectivity index (χ0n) is 18.6. The van der Waals surface area contributed by atoms with Crippen LogP contribution in [0.4, 0.5) is 9.18 Å². The van der Waals surface area contributed by atoms with E-state index in [4.69, 9.17) is 11.6 Å². The molecule has 5 nitrogen and oxygen atoms in total. The summed E-state index contributed by atoms with van der Waals surface area (Å²) >= 11 is 6.33. The standard InChI is InChI=1S/C26H27ClFN3O2/c1-2-3-13-31-24(32)26(29-25(31)33,17-19-7-6-9-22(28)16-19)21-11-14-30(15-12-21)18-20-8-4-5-10-23(20)27/h4-10,16,21H,11-15,17-18H2,1H3,(H,29,33)/t26-/m0/s1. The Kier molecular flexibility index (Phi) is 7.02. The highest BCUT2D eigenvalue weighted by Gasteiger charge is 2.55. The van der Waals surface area contributed by atoms with Crippen molar-refractivity contribution >= 4 is 23.5 Å². The molecule has 2 aliphatic rings. The maximum absolute atomic E-state index is 13.9. The van der Waals surface area contributed by atoms with Crippen LogP contribution in [0.25, 0.3) is 0 Å². The Morgan fingerprint density at radius 1 is 1.15 bits per heavy atom. The van der Waals surface area contributed by atoms with E-state index in [1.165, 1.54) is 17.0 Å². The Balaban J connectivity index is 1.55. The van der Waals surface area contributed by atoms with Crippen LogP contribution in [0.5, 0.6) is 0 Å². The molecule has 0 aromatic heterocycles. The van der Waals surface area contributed by atoms with E-state index in [9.17, 15) is 14.0 Å². The summed E-state index contributed by atoms with van der Waals surface area (Å²) in [7, 11) is 0. The molecule has 7 heteroatoms. The number of likely N-dealkylation sites (tertiary alicyclic amines) is 1. The molecule has 2 heterocycles. The summed E-state index contributed by atoms with van der Waals surface area (Å²) in [5, 5.41) is 3.74. The minimum absolute atomic E-state index is 0.0530. The van der Waals surface area contributed by atoms with Crippen LogP contribution >= 0.6 is 11.6 Å². The zero-order chi connectivity index (χ0) is 23.4. The van der Waals surface area contributed by atoms with E-state index >= 15 is 0 Å². The molecular formula is C26H27ClFN3O2. The lowest BCUT2D eigenvalue weighted by molar-refractivity contribution is -0.133. The van der Waals surface area contributed by atoms with Crippen molar-refractivity contribution in [2.45, 2.75) is 38.3 Å². The van der Waals surface area contributed by atoms with E-state index in [1.54, 1.807) is 19.1 Å². The van der Waals surface area contributed by atoms with Gasteiger partial charge < -0.3 is 5.32 Å². The lowest BCUT2D eigenvalue weighted by Crippen LogP contribution is -2.57. The number of hydrogen-bond donors (Lipinski definition) is 1. The fourth-order valence-corrected chi connectivity index (χ4v) is 5.10. The first-order valence-electron chi connectivity index (χ1n) is 11.2. The molecule has 0 spiro atoms. The SMILES string of the molecule is CC#CCN1C(=O)N[C@@](Cc2cccc(F)c2)(C2CCN(Cc3ccccc3Cl)CC2)C1=O. The van der Waals surface area contributed by atoms with Gasteiger partial charge in [-0.2, -0.15) is 0 Å². The van der Waals surface area contributed by atoms with Crippen molar-refractivity contribution in [1.29, 1.82) is 0 Å². The van der Waals surface area contributed by atoms with Gasteiger partial charge in [-0.05, 0) is 68.1 Å². The van der Waals surface area contributed by atoms with E-state index in [0.717, 1.165) is 43.1 Å². The van der Waals surface area contributed by atoms with Crippen molar-refractivity contribution in [3.63, 3.8) is 0 Å².